The second-order valence-corrected chi connectivity index (χ2v) is 7.08. The van der Waals surface area contributed by atoms with Gasteiger partial charge < -0.3 is 19.9 Å². The number of carbonyl (C=O) groups excluding carboxylic acids is 2. The summed E-state index contributed by atoms with van der Waals surface area (Å²) in [6.07, 6.45) is 1.97. The summed E-state index contributed by atoms with van der Waals surface area (Å²) in [5, 5.41) is 3.19. The van der Waals surface area contributed by atoms with Gasteiger partial charge in [0.25, 0.3) is 5.91 Å². The average molecular weight is 379 g/mol. The molecule has 2 heterocycles. The molecule has 146 valence electrons. The highest BCUT2D eigenvalue weighted by Gasteiger charge is 2.24. The van der Waals surface area contributed by atoms with E-state index in [4.69, 9.17) is 4.74 Å². The number of hydrogen-bond donors (Lipinski definition) is 1. The van der Waals surface area contributed by atoms with E-state index in [1.165, 1.54) is 5.56 Å². The van der Waals surface area contributed by atoms with E-state index in [0.29, 0.717) is 37.6 Å². The molecule has 4 rings (SSSR count). The molecule has 0 bridgehead atoms. The Hall–Kier alpha value is -2.86. The Labute approximate surface area is 165 Å². The van der Waals surface area contributed by atoms with Gasteiger partial charge in [-0.3, -0.25) is 9.59 Å². The number of nitrogens with one attached hydrogen (secondary N) is 1. The van der Waals surface area contributed by atoms with Crippen molar-refractivity contribution in [2.75, 3.05) is 49.6 Å². The average Bonchev–Trinajstić information content (AvgIpc) is 2.77. The van der Waals surface area contributed by atoms with Crippen LogP contribution in [0.2, 0.25) is 0 Å². The lowest BCUT2D eigenvalue weighted by Gasteiger charge is -2.30. The van der Waals surface area contributed by atoms with Gasteiger partial charge in [-0.2, -0.15) is 0 Å². The van der Waals surface area contributed by atoms with Crippen molar-refractivity contribution in [3.05, 3.63) is 59.7 Å². The number of amides is 2. The molecule has 0 spiro atoms. The summed E-state index contributed by atoms with van der Waals surface area (Å²) in [6, 6.07) is 15.4. The maximum absolute atomic E-state index is 12.9. The van der Waals surface area contributed by atoms with Crippen molar-refractivity contribution in [3.8, 4) is 0 Å². The molecule has 0 aliphatic carbocycles. The van der Waals surface area contributed by atoms with E-state index in [9.17, 15) is 9.59 Å². The quantitative estimate of drug-likeness (QED) is 0.887. The smallest absolute Gasteiger partial charge is 0.256 e. The number of carbonyl (C=O) groups is 2. The summed E-state index contributed by atoms with van der Waals surface area (Å²) >= 11 is 0. The van der Waals surface area contributed by atoms with Crippen LogP contribution in [0.3, 0.4) is 0 Å². The van der Waals surface area contributed by atoms with Crippen LogP contribution in [0.4, 0.5) is 11.4 Å². The zero-order valence-corrected chi connectivity index (χ0v) is 15.9. The fourth-order valence-electron chi connectivity index (χ4n) is 3.82. The van der Waals surface area contributed by atoms with Crippen LogP contribution in [0.25, 0.3) is 0 Å². The summed E-state index contributed by atoms with van der Waals surface area (Å²) in [6.45, 7) is 3.20. The van der Waals surface area contributed by atoms with Gasteiger partial charge in [-0.15, -0.1) is 0 Å². The molecule has 1 saturated heterocycles. The third-order valence-corrected chi connectivity index (χ3v) is 5.30. The molecule has 2 amide bonds. The molecule has 2 aromatic rings. The molecule has 28 heavy (non-hydrogen) atoms. The van der Waals surface area contributed by atoms with E-state index in [1.807, 2.05) is 41.3 Å². The topological polar surface area (TPSA) is 61.9 Å². The van der Waals surface area contributed by atoms with Crippen molar-refractivity contribution in [1.82, 2.24) is 4.90 Å². The minimum Gasteiger partial charge on any atom is -0.378 e. The molecule has 0 atom stereocenters. The van der Waals surface area contributed by atoms with Gasteiger partial charge in [-0.25, -0.2) is 0 Å². The van der Waals surface area contributed by atoms with E-state index in [1.54, 1.807) is 11.0 Å². The fourth-order valence-corrected chi connectivity index (χ4v) is 3.82. The van der Waals surface area contributed by atoms with E-state index >= 15 is 0 Å². The fraction of sp³-hybridized carbons (Fsp3) is 0.364. The molecule has 0 radical (unpaired) electrons. The molecule has 1 fully saturated rings. The van der Waals surface area contributed by atoms with Crippen LogP contribution in [0, 0.1) is 0 Å². The van der Waals surface area contributed by atoms with Gasteiger partial charge in [-0.05, 0) is 36.6 Å². The Kier molecular flexibility index (Phi) is 5.58. The maximum Gasteiger partial charge on any atom is 0.256 e. The van der Waals surface area contributed by atoms with Crippen molar-refractivity contribution in [2.45, 2.75) is 12.8 Å². The Morgan fingerprint density at radius 1 is 0.964 bits per heavy atom. The zero-order chi connectivity index (χ0) is 19.3. The van der Waals surface area contributed by atoms with E-state index < -0.39 is 0 Å². The number of fused-ring (bicyclic) bond motifs is 1. The minimum atomic E-state index is -0.0258. The van der Waals surface area contributed by atoms with Crippen LogP contribution in [-0.2, 0) is 16.0 Å². The number of morpholine rings is 1. The summed E-state index contributed by atoms with van der Waals surface area (Å²) < 4.78 is 5.33. The molecule has 1 N–H and O–H groups in total. The summed E-state index contributed by atoms with van der Waals surface area (Å²) in [5.41, 5.74) is 3.50. The van der Waals surface area contributed by atoms with Gasteiger partial charge in [0.1, 0.15) is 0 Å². The molecule has 0 saturated carbocycles. The lowest BCUT2D eigenvalue weighted by molar-refractivity contribution is -0.117. The van der Waals surface area contributed by atoms with Crippen molar-refractivity contribution in [1.29, 1.82) is 0 Å². The highest BCUT2D eigenvalue weighted by molar-refractivity contribution is 6.01. The van der Waals surface area contributed by atoms with E-state index in [-0.39, 0.29) is 18.4 Å². The highest BCUT2D eigenvalue weighted by Crippen LogP contribution is 2.27. The number of aryl methyl sites for hydroxylation is 1. The Morgan fingerprint density at radius 3 is 2.57 bits per heavy atom. The Bertz CT molecular complexity index is 862. The second kappa shape index (κ2) is 8.44. The molecule has 6 heteroatoms. The number of ether oxygens (including phenoxy) is 1. The number of rotatable bonds is 4. The number of hydrogen-bond acceptors (Lipinski definition) is 4. The van der Waals surface area contributed by atoms with Crippen LogP contribution in [-0.4, -0.2) is 56.1 Å². The molecular weight excluding hydrogens is 354 g/mol. The van der Waals surface area contributed by atoms with Gasteiger partial charge in [0.05, 0.1) is 25.3 Å². The molecule has 2 aromatic carbocycles. The van der Waals surface area contributed by atoms with Crippen LogP contribution >= 0.6 is 0 Å². The third-order valence-electron chi connectivity index (χ3n) is 5.30. The lowest BCUT2D eigenvalue weighted by atomic mass is 10.0. The number of benzene rings is 2. The van der Waals surface area contributed by atoms with Gasteiger partial charge in [-0.1, -0.05) is 30.3 Å². The predicted molar refractivity (Wildman–Crippen MR) is 109 cm³/mol. The first-order chi connectivity index (χ1) is 13.7. The van der Waals surface area contributed by atoms with Gasteiger partial charge in [0.15, 0.2) is 0 Å². The van der Waals surface area contributed by atoms with Crippen LogP contribution < -0.4 is 10.2 Å². The molecule has 2 aliphatic rings. The molecular formula is C22H25N3O3. The predicted octanol–water partition coefficient (Wildman–Crippen LogP) is 2.55. The molecule has 0 aromatic heterocycles. The SMILES string of the molecule is O=C(c1ccccc1NCC(=O)N1CCCc2ccccc21)N1CCOCC1. The summed E-state index contributed by atoms with van der Waals surface area (Å²) in [7, 11) is 0. The van der Waals surface area contributed by atoms with Crippen LogP contribution in [0.1, 0.15) is 22.3 Å². The van der Waals surface area contributed by atoms with Crippen LogP contribution in [0.15, 0.2) is 48.5 Å². The largest absolute Gasteiger partial charge is 0.378 e. The first-order valence-corrected chi connectivity index (χ1v) is 9.82. The van der Waals surface area contributed by atoms with Gasteiger partial charge in [0.2, 0.25) is 5.91 Å². The molecule has 0 unspecified atom stereocenters. The van der Waals surface area contributed by atoms with Crippen molar-refractivity contribution < 1.29 is 14.3 Å². The normalized spacial score (nSPS) is 16.4. The lowest BCUT2D eigenvalue weighted by Crippen LogP contribution is -2.41. The van der Waals surface area contributed by atoms with Crippen molar-refractivity contribution >= 4 is 23.2 Å². The standard InChI is InChI=1S/C22H25N3O3/c26-21(25-11-5-7-17-6-1-4-10-20(17)25)16-23-19-9-3-2-8-18(19)22(27)24-12-14-28-15-13-24/h1-4,6,8-10,23H,5,7,11-16H2. The number of para-hydroxylation sites is 2. The Morgan fingerprint density at radius 2 is 1.71 bits per heavy atom. The number of anilines is 2. The molecule has 6 nitrogen and oxygen atoms in total. The number of nitrogens with zero attached hydrogens (tertiary/aromatic N) is 2. The second-order valence-electron chi connectivity index (χ2n) is 7.08. The summed E-state index contributed by atoms with van der Waals surface area (Å²) in [5.74, 6) is -0.0112. The third kappa shape index (κ3) is 3.87. The molecule has 2 aliphatic heterocycles. The maximum atomic E-state index is 12.9. The van der Waals surface area contributed by atoms with Crippen molar-refractivity contribution in [3.63, 3.8) is 0 Å². The van der Waals surface area contributed by atoms with E-state index in [2.05, 4.69) is 11.4 Å². The zero-order valence-electron chi connectivity index (χ0n) is 15.9. The Balaban J connectivity index is 1.46. The van der Waals surface area contributed by atoms with Crippen molar-refractivity contribution in [2.24, 2.45) is 0 Å². The minimum absolute atomic E-state index is 0.0146. The monoisotopic (exact) mass is 379 g/mol. The highest BCUT2D eigenvalue weighted by atomic mass is 16.5. The first-order valence-electron chi connectivity index (χ1n) is 9.82. The van der Waals surface area contributed by atoms with Crippen LogP contribution in [0.5, 0.6) is 0 Å². The van der Waals surface area contributed by atoms with E-state index in [0.717, 1.165) is 25.1 Å². The first kappa shape index (κ1) is 18.5. The van der Waals surface area contributed by atoms with Gasteiger partial charge in [0, 0.05) is 31.0 Å². The van der Waals surface area contributed by atoms with Gasteiger partial charge >= 0.3 is 0 Å². The summed E-state index contributed by atoms with van der Waals surface area (Å²) in [4.78, 5) is 29.4.